The van der Waals surface area contributed by atoms with Gasteiger partial charge in [-0.15, -0.1) is 4.72 Å². The van der Waals surface area contributed by atoms with Gasteiger partial charge in [-0.05, 0) is 66.5 Å². The number of fused-ring (bicyclic) bond motifs is 1. The zero-order valence-corrected chi connectivity index (χ0v) is 20.6. The number of aromatic nitrogens is 2. The van der Waals surface area contributed by atoms with Crippen LogP contribution >= 0.6 is 15.9 Å². The third-order valence-corrected chi connectivity index (χ3v) is 7.17. The first-order valence-corrected chi connectivity index (χ1v) is 12.2. The van der Waals surface area contributed by atoms with Crippen LogP contribution in [0.2, 0.25) is 0 Å². The van der Waals surface area contributed by atoms with E-state index in [4.69, 9.17) is 4.52 Å². The maximum absolute atomic E-state index is 14.6. The van der Waals surface area contributed by atoms with Crippen molar-refractivity contribution < 1.29 is 17.9 Å². The Labute approximate surface area is 202 Å². The summed E-state index contributed by atoms with van der Waals surface area (Å²) in [6.07, 6.45) is 0.147. The average molecular weight is 534 g/mol. The average Bonchev–Trinajstić information content (AvgIpc) is 3.18. The summed E-state index contributed by atoms with van der Waals surface area (Å²) < 4.78 is 49.8. The van der Waals surface area contributed by atoms with Crippen LogP contribution < -0.4 is 4.72 Å². The fraction of sp³-hybridized carbons (Fsp3) is 0.250. The lowest BCUT2D eigenvalue weighted by Crippen LogP contribution is -2.42. The maximum atomic E-state index is 14.6. The van der Waals surface area contributed by atoms with Crippen LogP contribution in [0.1, 0.15) is 38.1 Å². The van der Waals surface area contributed by atoms with Crippen molar-refractivity contribution in [2.75, 3.05) is 0 Å². The first kappa shape index (κ1) is 23.8. The molecule has 0 aliphatic rings. The molecular weight excluding hydrogens is 512 g/mol. The van der Waals surface area contributed by atoms with Gasteiger partial charge in [-0.3, -0.25) is 0 Å². The Balaban J connectivity index is 1.82. The molecule has 0 aliphatic heterocycles. The molecule has 33 heavy (non-hydrogen) atoms. The first-order valence-electron chi connectivity index (χ1n) is 10.3. The Morgan fingerprint density at radius 1 is 1.12 bits per heavy atom. The number of hydrogen-bond donors (Lipinski definition) is 1. The van der Waals surface area contributed by atoms with Gasteiger partial charge in [-0.1, -0.05) is 29.4 Å². The minimum absolute atomic E-state index is 0.147. The van der Waals surface area contributed by atoms with E-state index in [0.29, 0.717) is 26.8 Å². The highest BCUT2D eigenvalue weighted by Gasteiger charge is 2.32. The van der Waals surface area contributed by atoms with E-state index in [1.165, 1.54) is 24.3 Å². The summed E-state index contributed by atoms with van der Waals surface area (Å²) in [7, 11) is 0. The van der Waals surface area contributed by atoms with Crippen LogP contribution in [-0.4, -0.2) is 19.4 Å². The van der Waals surface area contributed by atoms with Crippen LogP contribution in [0.5, 0.6) is 0 Å². The van der Waals surface area contributed by atoms with E-state index >= 15 is 0 Å². The van der Waals surface area contributed by atoms with E-state index in [-0.39, 0.29) is 12.1 Å². The van der Waals surface area contributed by atoms with Gasteiger partial charge in [0.05, 0.1) is 11.7 Å². The standard InChI is InChI=1S/C24H22BrF2N3O2S/c1-24(2,3)33(31)30-19(13-20-18(27)10-11-22(25)28-20)15-6-4-5-7-16(15)23-17-9-8-14(26)12-21(17)32-29-23/h4-12,19,30H,13H2,1-3H3/t19?,33-/m0/s1. The summed E-state index contributed by atoms with van der Waals surface area (Å²) in [4.78, 5) is 4.29. The van der Waals surface area contributed by atoms with Crippen molar-refractivity contribution in [3.8, 4) is 11.3 Å². The van der Waals surface area contributed by atoms with Gasteiger partial charge in [-0.2, -0.15) is 0 Å². The van der Waals surface area contributed by atoms with Crippen molar-refractivity contribution in [1.82, 2.24) is 14.9 Å². The normalized spacial score (nSPS) is 13.9. The third kappa shape index (κ3) is 5.27. The second-order valence-electron chi connectivity index (χ2n) is 8.58. The largest absolute Gasteiger partial charge is 0.598 e. The molecule has 172 valence electrons. The number of nitrogens with one attached hydrogen (secondary N) is 1. The summed E-state index contributed by atoms with van der Waals surface area (Å²) in [5.41, 5.74) is 2.53. The number of nitrogens with zero attached hydrogens (tertiary/aromatic N) is 2. The van der Waals surface area contributed by atoms with Crippen molar-refractivity contribution >= 4 is 38.3 Å². The molecule has 0 spiro atoms. The summed E-state index contributed by atoms with van der Waals surface area (Å²) in [5, 5.41) is 4.82. The number of benzene rings is 2. The van der Waals surface area contributed by atoms with Crippen LogP contribution in [0.4, 0.5) is 8.78 Å². The van der Waals surface area contributed by atoms with Gasteiger partial charge < -0.3 is 9.08 Å². The van der Waals surface area contributed by atoms with Crippen molar-refractivity contribution in [2.24, 2.45) is 0 Å². The Bertz CT molecular complexity index is 1290. The highest BCUT2D eigenvalue weighted by molar-refractivity contribution is 9.10. The molecule has 0 amide bonds. The predicted molar refractivity (Wildman–Crippen MR) is 129 cm³/mol. The fourth-order valence-electron chi connectivity index (χ4n) is 3.44. The maximum Gasteiger partial charge on any atom is 0.170 e. The second kappa shape index (κ2) is 9.50. The van der Waals surface area contributed by atoms with Crippen LogP contribution in [0.15, 0.2) is 63.7 Å². The molecule has 2 aromatic carbocycles. The molecule has 0 bridgehead atoms. The molecule has 1 unspecified atom stereocenters. The molecule has 5 nitrogen and oxygen atoms in total. The number of rotatable bonds is 6. The predicted octanol–water partition coefficient (Wildman–Crippen LogP) is 6.27. The van der Waals surface area contributed by atoms with Gasteiger partial charge in [0.15, 0.2) is 5.58 Å². The Morgan fingerprint density at radius 3 is 2.64 bits per heavy atom. The molecule has 0 saturated heterocycles. The van der Waals surface area contributed by atoms with E-state index in [1.807, 2.05) is 45.0 Å². The lowest BCUT2D eigenvalue weighted by atomic mass is 9.94. The molecule has 1 N–H and O–H groups in total. The molecule has 4 rings (SSSR count). The van der Waals surface area contributed by atoms with Crippen LogP contribution in [0.3, 0.4) is 0 Å². The van der Waals surface area contributed by atoms with E-state index in [9.17, 15) is 13.3 Å². The van der Waals surface area contributed by atoms with Gasteiger partial charge in [0.2, 0.25) is 0 Å². The SMILES string of the molecule is CC(C)(C)[S@+]([O-])NC(Cc1nc(Br)ccc1F)c1ccccc1-c1noc2cc(F)ccc12. The minimum atomic E-state index is -1.44. The molecule has 4 aromatic rings. The number of halogens is 3. The summed E-state index contributed by atoms with van der Waals surface area (Å²) >= 11 is 1.85. The molecule has 2 heterocycles. The van der Waals surface area contributed by atoms with Gasteiger partial charge in [0.1, 0.15) is 26.7 Å². The van der Waals surface area contributed by atoms with Gasteiger partial charge in [0, 0.05) is 34.8 Å². The lowest BCUT2D eigenvalue weighted by Gasteiger charge is -2.29. The fourth-order valence-corrected chi connectivity index (χ4v) is 4.61. The molecular formula is C24H22BrF2N3O2S. The van der Waals surface area contributed by atoms with Crippen molar-refractivity contribution in [2.45, 2.75) is 38.0 Å². The quantitative estimate of drug-likeness (QED) is 0.233. The van der Waals surface area contributed by atoms with Gasteiger partial charge >= 0.3 is 0 Å². The molecule has 0 aliphatic carbocycles. The topological polar surface area (TPSA) is 74.0 Å². The summed E-state index contributed by atoms with van der Waals surface area (Å²) in [6, 6.07) is 14.0. The van der Waals surface area contributed by atoms with E-state index in [1.54, 1.807) is 6.07 Å². The number of hydrogen-bond acceptors (Lipinski definition) is 5. The first-order chi connectivity index (χ1) is 15.6. The zero-order chi connectivity index (χ0) is 23.8. The van der Waals surface area contributed by atoms with E-state index in [0.717, 1.165) is 5.56 Å². The Morgan fingerprint density at radius 2 is 1.88 bits per heavy atom. The molecule has 0 saturated carbocycles. The van der Waals surface area contributed by atoms with Gasteiger partial charge in [0.25, 0.3) is 0 Å². The molecule has 2 aromatic heterocycles. The zero-order valence-electron chi connectivity index (χ0n) is 18.2. The third-order valence-electron chi connectivity index (χ3n) is 5.11. The smallest absolute Gasteiger partial charge is 0.170 e. The highest BCUT2D eigenvalue weighted by atomic mass is 79.9. The highest BCUT2D eigenvalue weighted by Crippen LogP contribution is 2.35. The van der Waals surface area contributed by atoms with Gasteiger partial charge in [-0.25, -0.2) is 13.8 Å². The van der Waals surface area contributed by atoms with Crippen LogP contribution in [0.25, 0.3) is 22.2 Å². The van der Waals surface area contributed by atoms with Crippen LogP contribution in [0, 0.1) is 11.6 Å². The van der Waals surface area contributed by atoms with E-state index in [2.05, 4.69) is 30.8 Å². The molecule has 2 atom stereocenters. The number of pyridine rings is 1. The minimum Gasteiger partial charge on any atom is -0.598 e. The van der Waals surface area contributed by atoms with Crippen molar-refractivity contribution in [3.05, 3.63) is 82.1 Å². The molecule has 9 heteroatoms. The molecule has 0 radical (unpaired) electrons. The van der Waals surface area contributed by atoms with E-state index < -0.39 is 33.8 Å². The monoisotopic (exact) mass is 533 g/mol. The lowest BCUT2D eigenvalue weighted by molar-refractivity contribution is 0.457. The Kier molecular flexibility index (Phi) is 6.86. The van der Waals surface area contributed by atoms with Crippen molar-refractivity contribution in [3.63, 3.8) is 0 Å². The summed E-state index contributed by atoms with van der Waals surface area (Å²) in [5.74, 6) is -0.874. The summed E-state index contributed by atoms with van der Waals surface area (Å²) in [6.45, 7) is 5.57. The second-order valence-corrected chi connectivity index (χ2v) is 11.4. The van der Waals surface area contributed by atoms with Crippen molar-refractivity contribution in [1.29, 1.82) is 0 Å². The Hall–Kier alpha value is -2.33. The van der Waals surface area contributed by atoms with Crippen LogP contribution in [-0.2, 0) is 17.8 Å². The molecule has 0 fully saturated rings.